The fourth-order valence-electron chi connectivity index (χ4n) is 2.52. The van der Waals surface area contributed by atoms with E-state index >= 15 is 0 Å². The Labute approximate surface area is 123 Å². The van der Waals surface area contributed by atoms with Crippen LogP contribution in [-0.4, -0.2) is 10.9 Å². The molecule has 2 aromatic rings. The predicted molar refractivity (Wildman–Crippen MR) is 80.9 cm³/mol. The molecule has 0 amide bonds. The Bertz CT molecular complexity index is 564. The summed E-state index contributed by atoms with van der Waals surface area (Å²) in [5.74, 6) is -0.177. The zero-order chi connectivity index (χ0) is 13.9. The number of thiophene rings is 1. The lowest BCUT2D eigenvalue weighted by Crippen LogP contribution is -2.25. The Kier molecular flexibility index (Phi) is 4.15. The number of nitrogens with zero attached hydrogens (tertiary/aromatic N) is 1. The lowest BCUT2D eigenvalue weighted by atomic mass is 10.1. The van der Waals surface area contributed by atoms with Crippen molar-refractivity contribution in [2.45, 2.75) is 38.5 Å². The summed E-state index contributed by atoms with van der Waals surface area (Å²) in [7, 11) is 0. The van der Waals surface area contributed by atoms with Crippen LogP contribution in [0.25, 0.3) is 0 Å². The van der Waals surface area contributed by atoms with Gasteiger partial charge in [-0.15, -0.1) is 11.3 Å². The van der Waals surface area contributed by atoms with Crippen molar-refractivity contribution in [3.8, 4) is 0 Å². The van der Waals surface area contributed by atoms with Gasteiger partial charge in [0.05, 0.1) is 0 Å². The number of halogens is 1. The third-order valence-corrected chi connectivity index (χ3v) is 4.63. The van der Waals surface area contributed by atoms with E-state index < -0.39 is 0 Å². The van der Waals surface area contributed by atoms with E-state index in [1.807, 2.05) is 0 Å². The molecule has 0 spiro atoms. The average Bonchev–Trinajstić information content (AvgIpc) is 3.17. The minimum atomic E-state index is -0.177. The van der Waals surface area contributed by atoms with Crippen LogP contribution < -0.4 is 5.73 Å². The molecule has 0 unspecified atom stereocenters. The molecule has 20 heavy (non-hydrogen) atoms. The highest BCUT2D eigenvalue weighted by Crippen LogP contribution is 2.31. The molecule has 0 saturated heterocycles. The molecule has 0 atom stereocenters. The maximum Gasteiger partial charge on any atom is 0.123 e. The molecule has 3 rings (SSSR count). The summed E-state index contributed by atoms with van der Waals surface area (Å²) in [5.41, 5.74) is 7.83. The molecule has 1 heterocycles. The second kappa shape index (κ2) is 6.04. The zero-order valence-corrected chi connectivity index (χ0v) is 12.2. The van der Waals surface area contributed by atoms with Crippen LogP contribution in [0.2, 0.25) is 0 Å². The smallest absolute Gasteiger partial charge is 0.123 e. The highest BCUT2D eigenvalue weighted by molar-refractivity contribution is 7.09. The van der Waals surface area contributed by atoms with Gasteiger partial charge in [-0.2, -0.15) is 0 Å². The largest absolute Gasteiger partial charge is 0.326 e. The van der Waals surface area contributed by atoms with Crippen LogP contribution in [0.15, 0.2) is 35.7 Å². The first-order valence-electron chi connectivity index (χ1n) is 7.00. The maximum absolute atomic E-state index is 13.5. The molecule has 106 valence electrons. The van der Waals surface area contributed by atoms with Crippen LogP contribution in [0.5, 0.6) is 0 Å². The van der Waals surface area contributed by atoms with E-state index in [1.165, 1.54) is 23.8 Å². The summed E-state index contributed by atoms with van der Waals surface area (Å²) in [4.78, 5) is 3.81. The van der Waals surface area contributed by atoms with E-state index in [1.54, 1.807) is 23.5 Å². The lowest BCUT2D eigenvalue weighted by Gasteiger charge is -2.22. The molecule has 0 bridgehead atoms. The van der Waals surface area contributed by atoms with Crippen molar-refractivity contribution >= 4 is 11.3 Å². The average molecular weight is 290 g/mol. The number of benzene rings is 1. The minimum absolute atomic E-state index is 0.177. The second-order valence-electron chi connectivity index (χ2n) is 5.33. The van der Waals surface area contributed by atoms with E-state index in [4.69, 9.17) is 5.73 Å². The summed E-state index contributed by atoms with van der Waals surface area (Å²) >= 11 is 1.78. The number of hydrogen-bond acceptors (Lipinski definition) is 3. The van der Waals surface area contributed by atoms with Gasteiger partial charge in [-0.05, 0) is 47.5 Å². The van der Waals surface area contributed by atoms with Crippen LogP contribution in [0.4, 0.5) is 4.39 Å². The zero-order valence-electron chi connectivity index (χ0n) is 11.4. The molecular weight excluding hydrogens is 271 g/mol. The van der Waals surface area contributed by atoms with Gasteiger partial charge in [-0.3, -0.25) is 4.90 Å². The molecule has 1 saturated carbocycles. The summed E-state index contributed by atoms with van der Waals surface area (Å²) in [6.45, 7) is 2.20. The van der Waals surface area contributed by atoms with E-state index in [0.29, 0.717) is 12.6 Å². The molecule has 1 aliphatic carbocycles. The van der Waals surface area contributed by atoms with E-state index in [-0.39, 0.29) is 5.82 Å². The van der Waals surface area contributed by atoms with Gasteiger partial charge in [0, 0.05) is 30.6 Å². The van der Waals surface area contributed by atoms with Crippen molar-refractivity contribution in [3.05, 3.63) is 57.5 Å². The van der Waals surface area contributed by atoms with Crippen molar-refractivity contribution in [1.29, 1.82) is 0 Å². The number of hydrogen-bond donors (Lipinski definition) is 1. The summed E-state index contributed by atoms with van der Waals surface area (Å²) in [5, 5.41) is 2.11. The molecule has 2 nitrogen and oxygen atoms in total. The summed E-state index contributed by atoms with van der Waals surface area (Å²) < 4.78 is 13.5. The van der Waals surface area contributed by atoms with Gasteiger partial charge in [0.25, 0.3) is 0 Å². The minimum Gasteiger partial charge on any atom is -0.326 e. The highest BCUT2D eigenvalue weighted by Gasteiger charge is 2.29. The SMILES string of the molecule is NCc1ccc(F)cc1CN(Cc1cccs1)C1CC1. The normalized spacial score (nSPS) is 14.9. The molecule has 2 N–H and O–H groups in total. The van der Waals surface area contributed by atoms with Crippen LogP contribution >= 0.6 is 11.3 Å². The first-order valence-corrected chi connectivity index (χ1v) is 7.88. The Morgan fingerprint density at radius 3 is 2.70 bits per heavy atom. The summed E-state index contributed by atoms with van der Waals surface area (Å²) in [6, 6.07) is 9.82. The predicted octanol–water partition coefficient (Wildman–Crippen LogP) is 3.51. The van der Waals surface area contributed by atoms with Gasteiger partial charge in [0.1, 0.15) is 5.82 Å². The standard InChI is InChI=1S/C16H19FN2S/c17-14-4-3-12(9-18)13(8-14)10-19(15-5-6-15)11-16-2-1-7-20-16/h1-4,7-8,15H,5-6,9-11,18H2. The molecular formula is C16H19FN2S. The Balaban J connectivity index is 1.77. The summed E-state index contributed by atoms with van der Waals surface area (Å²) in [6.07, 6.45) is 2.50. The second-order valence-corrected chi connectivity index (χ2v) is 6.36. The van der Waals surface area contributed by atoms with Crippen LogP contribution in [0.1, 0.15) is 28.8 Å². The Morgan fingerprint density at radius 1 is 1.20 bits per heavy atom. The van der Waals surface area contributed by atoms with Gasteiger partial charge < -0.3 is 5.73 Å². The van der Waals surface area contributed by atoms with Gasteiger partial charge in [-0.25, -0.2) is 4.39 Å². The van der Waals surface area contributed by atoms with E-state index in [0.717, 1.165) is 24.2 Å². The Morgan fingerprint density at radius 2 is 2.05 bits per heavy atom. The van der Waals surface area contributed by atoms with E-state index in [9.17, 15) is 4.39 Å². The maximum atomic E-state index is 13.5. The van der Waals surface area contributed by atoms with Gasteiger partial charge in [0.15, 0.2) is 0 Å². The monoisotopic (exact) mass is 290 g/mol. The van der Waals surface area contributed by atoms with Crippen LogP contribution in [0, 0.1) is 5.82 Å². The Hall–Kier alpha value is -1.23. The fraction of sp³-hybridized carbons (Fsp3) is 0.375. The first-order chi connectivity index (χ1) is 9.76. The molecule has 1 aromatic heterocycles. The molecule has 0 radical (unpaired) electrons. The van der Waals surface area contributed by atoms with Crippen molar-refractivity contribution < 1.29 is 4.39 Å². The van der Waals surface area contributed by atoms with Crippen molar-refractivity contribution in [2.75, 3.05) is 0 Å². The van der Waals surface area contributed by atoms with Crippen LogP contribution in [-0.2, 0) is 19.6 Å². The fourth-order valence-corrected chi connectivity index (χ4v) is 3.25. The third-order valence-electron chi connectivity index (χ3n) is 3.76. The molecule has 4 heteroatoms. The van der Waals surface area contributed by atoms with Gasteiger partial charge in [0.2, 0.25) is 0 Å². The van der Waals surface area contributed by atoms with E-state index in [2.05, 4.69) is 22.4 Å². The number of nitrogens with two attached hydrogens (primary N) is 1. The van der Waals surface area contributed by atoms with Gasteiger partial charge >= 0.3 is 0 Å². The third kappa shape index (κ3) is 3.26. The topological polar surface area (TPSA) is 29.3 Å². The van der Waals surface area contributed by atoms with Gasteiger partial charge in [-0.1, -0.05) is 12.1 Å². The number of rotatable bonds is 6. The molecule has 1 aromatic carbocycles. The lowest BCUT2D eigenvalue weighted by molar-refractivity contribution is 0.247. The van der Waals surface area contributed by atoms with Crippen molar-refractivity contribution in [1.82, 2.24) is 4.90 Å². The first kappa shape index (κ1) is 13.7. The van der Waals surface area contributed by atoms with Crippen molar-refractivity contribution in [3.63, 3.8) is 0 Å². The molecule has 1 fully saturated rings. The molecule has 1 aliphatic rings. The quantitative estimate of drug-likeness (QED) is 0.882. The van der Waals surface area contributed by atoms with Crippen molar-refractivity contribution in [2.24, 2.45) is 5.73 Å². The van der Waals surface area contributed by atoms with Crippen LogP contribution in [0.3, 0.4) is 0 Å². The molecule has 0 aliphatic heterocycles. The highest BCUT2D eigenvalue weighted by atomic mass is 32.1.